The minimum absolute atomic E-state index is 0.0526. The summed E-state index contributed by atoms with van der Waals surface area (Å²) in [5.41, 5.74) is 2.28. The van der Waals surface area contributed by atoms with E-state index in [9.17, 15) is 19.5 Å². The van der Waals surface area contributed by atoms with E-state index in [1.165, 1.54) is 4.90 Å². The molecule has 0 radical (unpaired) electrons. The van der Waals surface area contributed by atoms with Crippen LogP contribution in [-0.4, -0.2) is 60.6 Å². The van der Waals surface area contributed by atoms with Gasteiger partial charge < -0.3 is 14.6 Å². The predicted octanol–water partition coefficient (Wildman–Crippen LogP) is 4.96. The zero-order valence-electron chi connectivity index (χ0n) is 22.4. The van der Waals surface area contributed by atoms with Gasteiger partial charge in [-0.3, -0.25) is 24.3 Å². The van der Waals surface area contributed by atoms with Gasteiger partial charge in [-0.25, -0.2) is 0 Å². The number of hydrogen-bond donors (Lipinski definition) is 1. The Morgan fingerprint density at radius 3 is 2.24 bits per heavy atom. The summed E-state index contributed by atoms with van der Waals surface area (Å²) >= 11 is 0. The lowest BCUT2D eigenvalue weighted by atomic mass is 9.75. The monoisotopic (exact) mass is 518 g/mol. The Bertz CT molecular complexity index is 1290. The summed E-state index contributed by atoms with van der Waals surface area (Å²) in [5.74, 6) is 0.561. The number of carbonyl (C=O) groups excluding carboxylic acids is 3. The van der Waals surface area contributed by atoms with E-state index in [-0.39, 0.29) is 40.9 Å². The van der Waals surface area contributed by atoms with Gasteiger partial charge in [0.1, 0.15) is 5.76 Å². The highest BCUT2D eigenvalue weighted by molar-refractivity contribution is 6.23. The maximum atomic E-state index is 13.1. The van der Waals surface area contributed by atoms with E-state index in [0.29, 0.717) is 67.0 Å². The standard InChI is InChI=1S/C30H34N2O6/c1-30(2)17-23(33)27(24(34)18-30)22(31-14-13-19-11-12-25(37-3)26(16-19)38-4)10-7-15-32-28(35)20-8-5-6-9-21(20)29(32)36/h5-6,8-9,11-12,16,33H,7,10,13-15,17-18H2,1-4H3. The Morgan fingerprint density at radius 2 is 1.63 bits per heavy atom. The number of ether oxygens (including phenoxy) is 2. The van der Waals surface area contributed by atoms with Crippen molar-refractivity contribution in [3.8, 4) is 11.5 Å². The highest BCUT2D eigenvalue weighted by Gasteiger charge is 2.36. The van der Waals surface area contributed by atoms with Crippen LogP contribution >= 0.6 is 0 Å². The van der Waals surface area contributed by atoms with Crippen LogP contribution in [0.4, 0.5) is 0 Å². The second kappa shape index (κ2) is 11.2. The summed E-state index contributed by atoms with van der Waals surface area (Å²) in [5, 5.41) is 10.8. The number of ketones is 1. The minimum atomic E-state index is -0.324. The number of methoxy groups -OCH3 is 2. The third kappa shape index (κ3) is 5.64. The molecule has 2 amide bonds. The van der Waals surface area contributed by atoms with Crippen LogP contribution in [0.5, 0.6) is 11.5 Å². The van der Waals surface area contributed by atoms with Crippen LogP contribution in [0, 0.1) is 5.41 Å². The molecule has 0 fully saturated rings. The highest BCUT2D eigenvalue weighted by Crippen LogP contribution is 2.37. The van der Waals surface area contributed by atoms with Crippen LogP contribution in [0.1, 0.15) is 65.8 Å². The van der Waals surface area contributed by atoms with Crippen molar-refractivity contribution in [3.63, 3.8) is 0 Å². The molecular formula is C30H34N2O6. The number of fused-ring (bicyclic) bond motifs is 1. The third-order valence-electron chi connectivity index (χ3n) is 6.97. The van der Waals surface area contributed by atoms with Gasteiger partial charge >= 0.3 is 0 Å². The fraction of sp³-hybridized carbons (Fsp3) is 0.400. The van der Waals surface area contributed by atoms with E-state index >= 15 is 0 Å². The Kier molecular flexibility index (Phi) is 7.99. The number of aliphatic imine (C=N–C) groups is 1. The molecule has 1 aliphatic heterocycles. The van der Waals surface area contributed by atoms with Crippen LogP contribution < -0.4 is 9.47 Å². The fourth-order valence-electron chi connectivity index (χ4n) is 5.10. The van der Waals surface area contributed by atoms with Crippen LogP contribution in [0.3, 0.4) is 0 Å². The number of carbonyl (C=O) groups is 3. The van der Waals surface area contributed by atoms with Gasteiger partial charge in [0.05, 0.1) is 30.9 Å². The van der Waals surface area contributed by atoms with Crippen LogP contribution in [0.25, 0.3) is 0 Å². The summed E-state index contributed by atoms with van der Waals surface area (Å²) in [7, 11) is 3.16. The summed E-state index contributed by atoms with van der Waals surface area (Å²) < 4.78 is 10.7. The summed E-state index contributed by atoms with van der Waals surface area (Å²) in [6.45, 7) is 4.50. The first-order chi connectivity index (χ1) is 18.1. The fourth-order valence-corrected chi connectivity index (χ4v) is 5.10. The van der Waals surface area contributed by atoms with Crippen molar-refractivity contribution < 1.29 is 29.0 Å². The molecule has 0 saturated carbocycles. The molecule has 0 spiro atoms. The lowest BCUT2D eigenvalue weighted by molar-refractivity contribution is -0.118. The Morgan fingerprint density at radius 1 is 0.974 bits per heavy atom. The molecule has 0 unspecified atom stereocenters. The quantitative estimate of drug-likeness (QED) is 0.352. The lowest BCUT2D eigenvalue weighted by Crippen LogP contribution is -2.32. The normalized spacial score (nSPS) is 17.2. The first-order valence-corrected chi connectivity index (χ1v) is 12.8. The highest BCUT2D eigenvalue weighted by atomic mass is 16.5. The molecule has 1 heterocycles. The maximum Gasteiger partial charge on any atom is 0.261 e. The Hall–Kier alpha value is -3.94. The van der Waals surface area contributed by atoms with E-state index in [2.05, 4.69) is 0 Å². The van der Waals surface area contributed by atoms with Crippen molar-refractivity contribution in [2.45, 2.75) is 46.0 Å². The van der Waals surface area contributed by atoms with Gasteiger partial charge in [0, 0.05) is 31.6 Å². The number of rotatable bonds is 10. The third-order valence-corrected chi connectivity index (χ3v) is 6.97. The number of Topliss-reactive ketones (excluding diaryl/α,β-unsaturated/α-hetero) is 1. The van der Waals surface area contributed by atoms with Crippen molar-refractivity contribution in [1.82, 2.24) is 4.90 Å². The van der Waals surface area contributed by atoms with Gasteiger partial charge in [0.25, 0.3) is 11.8 Å². The first kappa shape index (κ1) is 27.1. The largest absolute Gasteiger partial charge is 0.511 e. The molecule has 200 valence electrons. The SMILES string of the molecule is COc1ccc(CCN=C(CCCN2C(=O)c3ccccc3C2=O)C2=C(O)CC(C)(C)CC2=O)cc1OC. The van der Waals surface area contributed by atoms with Crippen LogP contribution in [0.2, 0.25) is 0 Å². The van der Waals surface area contributed by atoms with Crippen molar-refractivity contribution in [3.05, 3.63) is 70.5 Å². The van der Waals surface area contributed by atoms with Gasteiger partial charge in [0.2, 0.25) is 0 Å². The number of nitrogens with zero attached hydrogens (tertiary/aromatic N) is 2. The molecule has 38 heavy (non-hydrogen) atoms. The molecule has 0 bridgehead atoms. The lowest BCUT2D eigenvalue weighted by Gasteiger charge is -2.30. The van der Waals surface area contributed by atoms with Crippen molar-refractivity contribution in [2.24, 2.45) is 10.4 Å². The van der Waals surface area contributed by atoms with E-state index in [1.807, 2.05) is 32.0 Å². The first-order valence-electron chi connectivity index (χ1n) is 12.8. The molecule has 4 rings (SSSR count). The Balaban J connectivity index is 1.51. The molecule has 8 heteroatoms. The molecule has 8 nitrogen and oxygen atoms in total. The molecule has 2 aliphatic rings. The minimum Gasteiger partial charge on any atom is -0.511 e. The maximum absolute atomic E-state index is 13.1. The van der Waals surface area contributed by atoms with E-state index < -0.39 is 0 Å². The number of imide groups is 1. The van der Waals surface area contributed by atoms with Crippen molar-refractivity contribution in [1.29, 1.82) is 0 Å². The Labute approximate surface area is 223 Å². The number of hydrogen-bond acceptors (Lipinski definition) is 7. The molecule has 1 N–H and O–H groups in total. The number of allylic oxidation sites excluding steroid dienone is 2. The second-order valence-corrected chi connectivity index (χ2v) is 10.4. The summed E-state index contributed by atoms with van der Waals surface area (Å²) in [4.78, 5) is 44.5. The molecule has 0 atom stereocenters. The smallest absolute Gasteiger partial charge is 0.261 e. The number of amides is 2. The van der Waals surface area contributed by atoms with Gasteiger partial charge in [-0.1, -0.05) is 32.0 Å². The van der Waals surface area contributed by atoms with Crippen LogP contribution in [-0.2, 0) is 11.2 Å². The van der Waals surface area contributed by atoms with Gasteiger partial charge in [0.15, 0.2) is 17.3 Å². The van der Waals surface area contributed by atoms with E-state index in [1.54, 1.807) is 38.5 Å². The van der Waals surface area contributed by atoms with E-state index in [0.717, 1.165) is 5.56 Å². The van der Waals surface area contributed by atoms with Crippen molar-refractivity contribution >= 4 is 23.3 Å². The van der Waals surface area contributed by atoms with Gasteiger partial charge in [-0.05, 0) is 54.5 Å². The second-order valence-electron chi connectivity index (χ2n) is 10.4. The number of aliphatic hydroxyl groups excluding tert-OH is 1. The van der Waals surface area contributed by atoms with Crippen molar-refractivity contribution in [2.75, 3.05) is 27.3 Å². The molecule has 1 aliphatic carbocycles. The average Bonchev–Trinajstić information content (AvgIpc) is 3.12. The van der Waals surface area contributed by atoms with Crippen LogP contribution in [0.15, 0.2) is 58.8 Å². The zero-order chi connectivity index (χ0) is 27.4. The zero-order valence-corrected chi connectivity index (χ0v) is 22.4. The molecular weight excluding hydrogens is 484 g/mol. The number of benzene rings is 2. The predicted molar refractivity (Wildman–Crippen MR) is 144 cm³/mol. The van der Waals surface area contributed by atoms with Gasteiger partial charge in [-0.15, -0.1) is 0 Å². The molecule has 2 aromatic carbocycles. The summed E-state index contributed by atoms with van der Waals surface area (Å²) in [6, 6.07) is 12.4. The summed E-state index contributed by atoms with van der Waals surface area (Å²) in [6.07, 6.45) is 2.08. The molecule has 0 aromatic heterocycles. The van der Waals surface area contributed by atoms with Gasteiger partial charge in [-0.2, -0.15) is 0 Å². The molecule has 0 saturated heterocycles. The number of aliphatic hydroxyl groups is 1. The molecule has 2 aromatic rings. The average molecular weight is 519 g/mol. The van der Waals surface area contributed by atoms with E-state index in [4.69, 9.17) is 14.5 Å². The topological polar surface area (TPSA) is 106 Å².